The molecular formula is C25H23FN4O3S2. The van der Waals surface area contributed by atoms with Crippen molar-refractivity contribution >= 4 is 39.7 Å². The van der Waals surface area contributed by atoms with Crippen molar-refractivity contribution in [2.45, 2.75) is 30.8 Å². The number of aromatic nitrogens is 3. The van der Waals surface area contributed by atoms with Crippen LogP contribution >= 0.6 is 23.1 Å². The Morgan fingerprint density at radius 3 is 2.77 bits per heavy atom. The lowest BCUT2D eigenvalue weighted by Gasteiger charge is -2.27. The average molecular weight is 511 g/mol. The number of halogens is 1. The van der Waals surface area contributed by atoms with Gasteiger partial charge in [-0.2, -0.15) is 0 Å². The Morgan fingerprint density at radius 1 is 1.17 bits per heavy atom. The van der Waals surface area contributed by atoms with E-state index in [9.17, 15) is 9.18 Å². The molecule has 2 aromatic carbocycles. The van der Waals surface area contributed by atoms with Gasteiger partial charge in [-0.05, 0) is 44.2 Å². The second-order valence-electron chi connectivity index (χ2n) is 8.08. The monoisotopic (exact) mass is 510 g/mol. The SMILES string of the molecule is Cc1cc(C(=O)CSc2nnc(Nc3ccccc3F)s2)c(C)n1CC1COc2ccccc2O1. The Bertz CT molecular complexity index is 1370. The van der Waals surface area contributed by atoms with E-state index in [-0.39, 0.29) is 23.5 Å². The molecule has 0 amide bonds. The summed E-state index contributed by atoms with van der Waals surface area (Å²) in [5.41, 5.74) is 2.90. The number of hydrogen-bond acceptors (Lipinski definition) is 8. The van der Waals surface area contributed by atoms with Crippen LogP contribution in [0.25, 0.3) is 0 Å². The van der Waals surface area contributed by atoms with Crippen LogP contribution in [0, 0.1) is 19.7 Å². The molecular weight excluding hydrogens is 487 g/mol. The van der Waals surface area contributed by atoms with Gasteiger partial charge < -0.3 is 19.4 Å². The second kappa shape index (κ2) is 10.1. The van der Waals surface area contributed by atoms with Crippen LogP contribution in [0.4, 0.5) is 15.2 Å². The van der Waals surface area contributed by atoms with E-state index in [0.717, 1.165) is 22.9 Å². The van der Waals surface area contributed by atoms with E-state index in [0.29, 0.717) is 33.9 Å². The van der Waals surface area contributed by atoms with Crippen molar-refractivity contribution in [2.75, 3.05) is 17.7 Å². The lowest BCUT2D eigenvalue weighted by atomic mass is 10.2. The number of ketones is 1. The number of para-hydroxylation sites is 3. The van der Waals surface area contributed by atoms with Crippen molar-refractivity contribution < 1.29 is 18.7 Å². The quantitative estimate of drug-likeness (QED) is 0.242. The number of ether oxygens (including phenoxy) is 2. The van der Waals surface area contributed by atoms with Gasteiger partial charge in [-0.25, -0.2) is 4.39 Å². The highest BCUT2D eigenvalue weighted by Crippen LogP contribution is 2.32. The lowest BCUT2D eigenvalue weighted by Crippen LogP contribution is -2.33. The molecule has 1 atom stereocenters. The van der Waals surface area contributed by atoms with Gasteiger partial charge in [0.05, 0.1) is 18.0 Å². The fourth-order valence-electron chi connectivity index (χ4n) is 3.92. The summed E-state index contributed by atoms with van der Waals surface area (Å²) in [6, 6.07) is 15.9. The number of carbonyl (C=O) groups is 1. The first kappa shape index (κ1) is 23.4. The fraction of sp³-hybridized carbons (Fsp3) is 0.240. The van der Waals surface area contributed by atoms with Crippen LogP contribution in [-0.2, 0) is 6.54 Å². The van der Waals surface area contributed by atoms with Crippen LogP contribution < -0.4 is 14.8 Å². The molecule has 1 aliphatic rings. The molecule has 7 nitrogen and oxygen atoms in total. The van der Waals surface area contributed by atoms with Crippen molar-refractivity contribution in [3.05, 3.63) is 77.4 Å². The summed E-state index contributed by atoms with van der Waals surface area (Å²) in [4.78, 5) is 13.0. The van der Waals surface area contributed by atoms with Crippen molar-refractivity contribution in [3.63, 3.8) is 0 Å². The number of aryl methyl sites for hydroxylation is 1. The summed E-state index contributed by atoms with van der Waals surface area (Å²) in [6.07, 6.45) is -0.145. The van der Waals surface area contributed by atoms with Crippen LogP contribution in [0.3, 0.4) is 0 Å². The zero-order valence-electron chi connectivity index (χ0n) is 19.2. The van der Waals surface area contributed by atoms with Gasteiger partial charge in [-0.15, -0.1) is 10.2 Å². The van der Waals surface area contributed by atoms with Crippen molar-refractivity contribution in [3.8, 4) is 11.5 Å². The summed E-state index contributed by atoms with van der Waals surface area (Å²) >= 11 is 2.60. The molecule has 0 radical (unpaired) electrons. The molecule has 0 bridgehead atoms. The van der Waals surface area contributed by atoms with Crippen molar-refractivity contribution in [1.29, 1.82) is 0 Å². The third-order valence-corrected chi connectivity index (χ3v) is 7.65. The van der Waals surface area contributed by atoms with Gasteiger partial charge in [0.2, 0.25) is 5.13 Å². The number of rotatable bonds is 8. The normalized spacial score (nSPS) is 14.7. The highest BCUT2D eigenvalue weighted by Gasteiger charge is 2.24. The van der Waals surface area contributed by atoms with E-state index >= 15 is 0 Å². The molecule has 0 aliphatic carbocycles. The van der Waals surface area contributed by atoms with E-state index < -0.39 is 0 Å². The molecule has 0 fully saturated rings. The smallest absolute Gasteiger partial charge is 0.210 e. The van der Waals surface area contributed by atoms with E-state index in [1.807, 2.05) is 44.2 Å². The van der Waals surface area contributed by atoms with Gasteiger partial charge >= 0.3 is 0 Å². The summed E-state index contributed by atoms with van der Waals surface area (Å²) in [6.45, 7) is 4.98. The molecule has 4 aromatic rings. The van der Waals surface area contributed by atoms with Crippen LogP contribution in [0.2, 0.25) is 0 Å². The third-order valence-electron chi connectivity index (χ3n) is 5.68. The fourth-order valence-corrected chi connectivity index (χ4v) is 5.57. The number of fused-ring (bicyclic) bond motifs is 1. The first-order valence-corrected chi connectivity index (χ1v) is 12.8. The van der Waals surface area contributed by atoms with Gasteiger partial charge in [-0.3, -0.25) is 4.79 Å². The minimum absolute atomic E-state index is 0.0133. The maximum Gasteiger partial charge on any atom is 0.210 e. The molecule has 3 heterocycles. The first-order valence-electron chi connectivity index (χ1n) is 11.0. The Labute approximate surface area is 210 Å². The molecule has 2 aromatic heterocycles. The minimum Gasteiger partial charge on any atom is -0.486 e. The molecule has 0 saturated heterocycles. The average Bonchev–Trinajstić information content (AvgIpc) is 3.43. The Kier molecular flexibility index (Phi) is 6.74. The predicted octanol–water partition coefficient (Wildman–Crippen LogP) is 5.65. The number of Topliss-reactive ketones (excluding diaryl/α,β-unsaturated/α-hetero) is 1. The summed E-state index contributed by atoms with van der Waals surface area (Å²) in [5, 5.41) is 11.6. The summed E-state index contributed by atoms with van der Waals surface area (Å²) in [7, 11) is 0. The maximum atomic E-state index is 13.8. The molecule has 0 saturated carbocycles. The molecule has 0 spiro atoms. The highest BCUT2D eigenvalue weighted by atomic mass is 32.2. The number of benzene rings is 2. The van der Waals surface area contributed by atoms with Crippen LogP contribution in [0.1, 0.15) is 21.7 Å². The standard InChI is InChI=1S/C25H23FN4O3S2/c1-15-11-18(16(2)30(15)12-17-13-32-22-9-5-6-10-23(22)33-17)21(31)14-34-25-29-28-24(35-25)27-20-8-4-3-7-19(20)26/h3-11,17H,12-14H2,1-2H3,(H,27,28). The number of nitrogens with zero attached hydrogens (tertiary/aromatic N) is 3. The van der Waals surface area contributed by atoms with Gasteiger partial charge in [0.1, 0.15) is 12.4 Å². The topological polar surface area (TPSA) is 78.3 Å². The third kappa shape index (κ3) is 5.18. The molecule has 10 heteroatoms. The maximum absolute atomic E-state index is 13.8. The number of hydrogen-bond donors (Lipinski definition) is 1. The number of nitrogens with one attached hydrogen (secondary N) is 1. The largest absolute Gasteiger partial charge is 0.486 e. The van der Waals surface area contributed by atoms with E-state index in [1.165, 1.54) is 29.2 Å². The predicted molar refractivity (Wildman–Crippen MR) is 135 cm³/mol. The number of anilines is 2. The van der Waals surface area contributed by atoms with Gasteiger partial charge in [0.25, 0.3) is 0 Å². The molecule has 180 valence electrons. The number of thioether (sulfide) groups is 1. The highest BCUT2D eigenvalue weighted by molar-refractivity contribution is 8.01. The zero-order valence-corrected chi connectivity index (χ0v) is 20.8. The molecule has 1 N–H and O–H groups in total. The first-order chi connectivity index (χ1) is 17.0. The van der Waals surface area contributed by atoms with E-state index in [2.05, 4.69) is 20.1 Å². The van der Waals surface area contributed by atoms with E-state index in [1.54, 1.807) is 18.2 Å². The molecule has 1 unspecified atom stereocenters. The minimum atomic E-state index is -0.364. The summed E-state index contributed by atoms with van der Waals surface area (Å²) in [5.74, 6) is 1.37. The zero-order chi connectivity index (χ0) is 24.4. The molecule has 5 rings (SSSR count). The Balaban J connectivity index is 1.20. The van der Waals surface area contributed by atoms with Crippen LogP contribution in [0.5, 0.6) is 11.5 Å². The number of carbonyl (C=O) groups excluding carboxylic acids is 1. The lowest BCUT2D eigenvalue weighted by molar-refractivity contribution is 0.0777. The second-order valence-corrected chi connectivity index (χ2v) is 10.3. The Morgan fingerprint density at radius 2 is 1.94 bits per heavy atom. The van der Waals surface area contributed by atoms with Crippen LogP contribution in [0.15, 0.2) is 58.9 Å². The Hall–Kier alpha value is -3.37. The van der Waals surface area contributed by atoms with Crippen LogP contribution in [-0.4, -0.2) is 39.0 Å². The van der Waals surface area contributed by atoms with Gasteiger partial charge in [0, 0.05) is 17.0 Å². The summed E-state index contributed by atoms with van der Waals surface area (Å²) < 4.78 is 28.5. The molecule has 35 heavy (non-hydrogen) atoms. The van der Waals surface area contributed by atoms with Crippen molar-refractivity contribution in [1.82, 2.24) is 14.8 Å². The molecule has 1 aliphatic heterocycles. The van der Waals surface area contributed by atoms with Gasteiger partial charge in [-0.1, -0.05) is 47.4 Å². The van der Waals surface area contributed by atoms with E-state index in [4.69, 9.17) is 9.47 Å². The van der Waals surface area contributed by atoms with Gasteiger partial charge in [0.15, 0.2) is 27.7 Å². The van der Waals surface area contributed by atoms with Crippen molar-refractivity contribution in [2.24, 2.45) is 0 Å².